The molecule has 0 aromatic heterocycles. The molecule has 0 saturated carbocycles. The van der Waals surface area contributed by atoms with Gasteiger partial charge < -0.3 is 4.74 Å². The van der Waals surface area contributed by atoms with Gasteiger partial charge in [0.15, 0.2) is 0 Å². The molecular formula is C19H14FNO4. The Labute approximate surface area is 143 Å². The summed E-state index contributed by atoms with van der Waals surface area (Å²) in [6.07, 6.45) is 1.45. The topological polar surface area (TPSA) is 63.7 Å². The maximum atomic E-state index is 13.9. The number of carbonyl (C=O) groups excluding carboxylic acids is 3. The molecule has 0 unspecified atom stereocenters. The van der Waals surface area contributed by atoms with Crippen molar-refractivity contribution in [3.8, 4) is 0 Å². The quantitative estimate of drug-likeness (QED) is 0.490. The van der Waals surface area contributed by atoms with E-state index in [2.05, 4.69) is 4.74 Å². The molecule has 3 rings (SSSR count). The van der Waals surface area contributed by atoms with E-state index in [-0.39, 0.29) is 17.7 Å². The van der Waals surface area contributed by atoms with Crippen LogP contribution < -0.4 is 4.90 Å². The lowest BCUT2D eigenvalue weighted by molar-refractivity contribution is -0.120. The van der Waals surface area contributed by atoms with Crippen LogP contribution in [-0.4, -0.2) is 24.9 Å². The van der Waals surface area contributed by atoms with Gasteiger partial charge in [0.2, 0.25) is 5.91 Å². The van der Waals surface area contributed by atoms with E-state index in [9.17, 15) is 18.8 Å². The first kappa shape index (κ1) is 16.6. The summed E-state index contributed by atoms with van der Waals surface area (Å²) in [5.74, 6) is -2.12. The van der Waals surface area contributed by atoms with Gasteiger partial charge >= 0.3 is 5.97 Å². The molecule has 2 amide bonds. The van der Waals surface area contributed by atoms with Crippen molar-refractivity contribution >= 4 is 29.5 Å². The molecule has 25 heavy (non-hydrogen) atoms. The number of carbonyl (C=O) groups is 3. The van der Waals surface area contributed by atoms with Crippen molar-refractivity contribution < 1.29 is 23.5 Å². The van der Waals surface area contributed by atoms with Crippen molar-refractivity contribution in [1.82, 2.24) is 0 Å². The minimum Gasteiger partial charge on any atom is -0.465 e. The number of anilines is 1. The number of amides is 2. The van der Waals surface area contributed by atoms with Crippen LogP contribution in [0.4, 0.5) is 10.1 Å². The number of para-hydroxylation sites is 1. The molecule has 1 aliphatic heterocycles. The van der Waals surface area contributed by atoms with E-state index in [1.54, 1.807) is 36.4 Å². The van der Waals surface area contributed by atoms with Crippen LogP contribution in [0.1, 0.15) is 22.3 Å². The van der Waals surface area contributed by atoms with Crippen LogP contribution in [0.3, 0.4) is 0 Å². The number of rotatable bonds is 3. The molecule has 0 N–H and O–H groups in total. The van der Waals surface area contributed by atoms with Crippen molar-refractivity contribution in [2.24, 2.45) is 0 Å². The number of hydrogen-bond acceptors (Lipinski definition) is 4. The number of halogens is 1. The third-order valence-electron chi connectivity index (χ3n) is 3.83. The number of nitrogens with zero attached hydrogens (tertiary/aromatic N) is 1. The molecule has 1 saturated heterocycles. The average molecular weight is 339 g/mol. The first-order valence-electron chi connectivity index (χ1n) is 7.52. The number of hydrogen-bond donors (Lipinski definition) is 0. The maximum Gasteiger partial charge on any atom is 0.337 e. The predicted molar refractivity (Wildman–Crippen MR) is 89.3 cm³/mol. The van der Waals surface area contributed by atoms with Gasteiger partial charge in [-0.25, -0.2) is 14.1 Å². The van der Waals surface area contributed by atoms with Crippen molar-refractivity contribution in [2.75, 3.05) is 12.0 Å². The van der Waals surface area contributed by atoms with E-state index in [1.165, 1.54) is 25.3 Å². The molecule has 1 fully saturated rings. The summed E-state index contributed by atoms with van der Waals surface area (Å²) in [4.78, 5) is 36.9. The Morgan fingerprint density at radius 2 is 1.80 bits per heavy atom. The average Bonchev–Trinajstić information content (AvgIpc) is 2.89. The summed E-state index contributed by atoms with van der Waals surface area (Å²) in [6.45, 7) is 0. The van der Waals surface area contributed by atoms with Gasteiger partial charge in [0, 0.05) is 5.57 Å². The van der Waals surface area contributed by atoms with Gasteiger partial charge in [0.05, 0.1) is 24.8 Å². The van der Waals surface area contributed by atoms with Crippen LogP contribution >= 0.6 is 0 Å². The lowest BCUT2D eigenvalue weighted by Gasteiger charge is -2.13. The Kier molecular flexibility index (Phi) is 4.43. The number of ether oxygens (including phenoxy) is 1. The van der Waals surface area contributed by atoms with Crippen LogP contribution in [0.2, 0.25) is 0 Å². The van der Waals surface area contributed by atoms with Crippen LogP contribution in [0.5, 0.6) is 0 Å². The normalized spacial score (nSPS) is 15.8. The highest BCUT2D eigenvalue weighted by molar-refractivity contribution is 6.29. The van der Waals surface area contributed by atoms with Crippen molar-refractivity contribution in [1.29, 1.82) is 0 Å². The molecular weight excluding hydrogens is 325 g/mol. The summed E-state index contributed by atoms with van der Waals surface area (Å²) in [5.41, 5.74) is 1.24. The molecule has 0 aliphatic carbocycles. The van der Waals surface area contributed by atoms with Gasteiger partial charge in [-0.3, -0.25) is 9.59 Å². The molecule has 0 radical (unpaired) electrons. The van der Waals surface area contributed by atoms with E-state index >= 15 is 0 Å². The van der Waals surface area contributed by atoms with Gasteiger partial charge in [-0.2, -0.15) is 0 Å². The Bertz CT molecular complexity index is 887. The molecule has 0 bridgehead atoms. The molecule has 0 spiro atoms. The van der Waals surface area contributed by atoms with Crippen LogP contribution in [0.25, 0.3) is 6.08 Å². The molecule has 1 aliphatic rings. The Hall–Kier alpha value is -3.28. The molecule has 2 aromatic rings. The van der Waals surface area contributed by atoms with Crippen molar-refractivity contribution in [3.05, 3.63) is 71.0 Å². The first-order valence-corrected chi connectivity index (χ1v) is 7.52. The summed E-state index contributed by atoms with van der Waals surface area (Å²) >= 11 is 0. The van der Waals surface area contributed by atoms with E-state index in [1.807, 2.05) is 0 Å². The maximum absolute atomic E-state index is 13.9. The Morgan fingerprint density at radius 3 is 2.44 bits per heavy atom. The van der Waals surface area contributed by atoms with E-state index < -0.39 is 23.6 Å². The van der Waals surface area contributed by atoms with Crippen LogP contribution in [0, 0.1) is 5.82 Å². The zero-order chi connectivity index (χ0) is 18.0. The van der Waals surface area contributed by atoms with Gasteiger partial charge in [0.25, 0.3) is 5.91 Å². The highest BCUT2D eigenvalue weighted by Gasteiger charge is 2.36. The largest absolute Gasteiger partial charge is 0.465 e. The summed E-state index contributed by atoms with van der Waals surface area (Å²) in [5, 5.41) is 0. The summed E-state index contributed by atoms with van der Waals surface area (Å²) in [7, 11) is 1.29. The highest BCUT2D eigenvalue weighted by atomic mass is 19.1. The summed E-state index contributed by atoms with van der Waals surface area (Å²) in [6, 6.07) is 12.0. The lowest BCUT2D eigenvalue weighted by atomic mass is 10.1. The number of esters is 1. The molecule has 0 atom stereocenters. The molecule has 5 nitrogen and oxygen atoms in total. The fraction of sp³-hybridized carbons (Fsp3) is 0.105. The van der Waals surface area contributed by atoms with Crippen molar-refractivity contribution in [3.63, 3.8) is 0 Å². The zero-order valence-electron chi connectivity index (χ0n) is 13.4. The molecule has 1 heterocycles. The number of benzene rings is 2. The molecule has 6 heteroatoms. The molecule has 126 valence electrons. The number of methoxy groups -OCH3 is 1. The first-order chi connectivity index (χ1) is 12.0. The summed E-state index contributed by atoms with van der Waals surface area (Å²) < 4.78 is 18.5. The standard InChI is InChI=1S/C19H14FNO4/c1-25-19(24)13-8-6-12(7-9-13)10-14-11-17(22)21(18(14)23)16-5-3-2-4-15(16)20/h2-10H,11H2,1H3. The minimum atomic E-state index is -0.632. The Morgan fingerprint density at radius 1 is 1.12 bits per heavy atom. The van der Waals surface area contributed by atoms with Crippen molar-refractivity contribution in [2.45, 2.75) is 6.42 Å². The third kappa shape index (κ3) is 3.19. The van der Waals surface area contributed by atoms with Crippen LogP contribution in [-0.2, 0) is 14.3 Å². The van der Waals surface area contributed by atoms with E-state index in [0.717, 1.165) is 4.90 Å². The fourth-order valence-electron chi connectivity index (χ4n) is 2.60. The van der Waals surface area contributed by atoms with Gasteiger partial charge in [-0.1, -0.05) is 24.3 Å². The van der Waals surface area contributed by atoms with E-state index in [0.29, 0.717) is 11.1 Å². The minimum absolute atomic E-state index is 0.0538. The second-order valence-electron chi connectivity index (χ2n) is 5.45. The second kappa shape index (κ2) is 6.68. The molecule has 2 aromatic carbocycles. The lowest BCUT2D eigenvalue weighted by Crippen LogP contribution is -2.29. The fourth-order valence-corrected chi connectivity index (χ4v) is 2.60. The smallest absolute Gasteiger partial charge is 0.337 e. The second-order valence-corrected chi connectivity index (χ2v) is 5.45. The van der Waals surface area contributed by atoms with Gasteiger partial charge in [0.1, 0.15) is 5.82 Å². The van der Waals surface area contributed by atoms with E-state index in [4.69, 9.17) is 0 Å². The Balaban J connectivity index is 1.88. The van der Waals surface area contributed by atoms with Gasteiger partial charge in [-0.15, -0.1) is 0 Å². The van der Waals surface area contributed by atoms with Crippen LogP contribution in [0.15, 0.2) is 54.1 Å². The zero-order valence-corrected chi connectivity index (χ0v) is 13.4. The third-order valence-corrected chi connectivity index (χ3v) is 3.83. The van der Waals surface area contributed by atoms with Gasteiger partial charge in [-0.05, 0) is 35.9 Å². The highest BCUT2D eigenvalue weighted by Crippen LogP contribution is 2.29. The SMILES string of the molecule is COC(=O)c1ccc(C=C2CC(=O)N(c3ccccc3F)C2=O)cc1. The monoisotopic (exact) mass is 339 g/mol. The number of imide groups is 1. The predicted octanol–water partition coefficient (Wildman–Crippen LogP) is 2.96.